The molecule has 2 aromatic rings. The number of aryl methyl sites for hydroxylation is 2. The van der Waals surface area contributed by atoms with E-state index in [-0.39, 0.29) is 24.5 Å². The topological polar surface area (TPSA) is 61.9 Å². The Balaban J connectivity index is 1.75. The molecule has 3 rings (SSSR count). The third-order valence-electron chi connectivity index (χ3n) is 5.78. The second kappa shape index (κ2) is 11.4. The maximum atomic E-state index is 13.4. The summed E-state index contributed by atoms with van der Waals surface area (Å²) >= 11 is 1.74. The van der Waals surface area contributed by atoms with E-state index in [1.165, 1.54) is 10.4 Å². The number of thiophene rings is 1. The summed E-state index contributed by atoms with van der Waals surface area (Å²) in [6.45, 7) is 10.4. The molecule has 1 atom stereocenters. The fourth-order valence-electron chi connectivity index (χ4n) is 4.12. The molecule has 7 heteroatoms. The maximum Gasteiger partial charge on any atom is 0.317 e. The van der Waals surface area contributed by atoms with Crippen molar-refractivity contribution in [1.82, 2.24) is 15.1 Å². The van der Waals surface area contributed by atoms with E-state index >= 15 is 0 Å². The summed E-state index contributed by atoms with van der Waals surface area (Å²) in [6.07, 6.45) is 2.51. The zero-order chi connectivity index (χ0) is 23.1. The van der Waals surface area contributed by atoms with E-state index < -0.39 is 0 Å². The number of carbonyl (C=O) groups excluding carboxylic acids is 2. The third kappa shape index (κ3) is 5.82. The smallest absolute Gasteiger partial charge is 0.317 e. The second-order valence-electron chi connectivity index (χ2n) is 8.39. The largest absolute Gasteiger partial charge is 0.491 e. The van der Waals surface area contributed by atoms with E-state index in [1.54, 1.807) is 16.2 Å². The summed E-state index contributed by atoms with van der Waals surface area (Å²) < 4.78 is 6.21. The van der Waals surface area contributed by atoms with Crippen molar-refractivity contribution in [3.8, 4) is 5.75 Å². The van der Waals surface area contributed by atoms with E-state index in [1.807, 2.05) is 37.8 Å². The van der Waals surface area contributed by atoms with Crippen molar-refractivity contribution in [2.45, 2.75) is 53.0 Å². The molecule has 0 fully saturated rings. The lowest BCUT2D eigenvalue weighted by molar-refractivity contribution is -0.135. The van der Waals surface area contributed by atoms with Crippen LogP contribution < -0.4 is 10.1 Å². The van der Waals surface area contributed by atoms with E-state index in [0.717, 1.165) is 36.1 Å². The quantitative estimate of drug-likeness (QED) is 0.594. The van der Waals surface area contributed by atoms with Crippen LogP contribution in [-0.2, 0) is 11.2 Å². The lowest BCUT2D eigenvalue weighted by Crippen LogP contribution is -2.50. The first-order valence-corrected chi connectivity index (χ1v) is 12.4. The summed E-state index contributed by atoms with van der Waals surface area (Å²) in [5.41, 5.74) is 3.45. The van der Waals surface area contributed by atoms with Crippen molar-refractivity contribution < 1.29 is 14.3 Å². The Kier molecular flexibility index (Phi) is 8.56. The molecule has 3 amide bonds. The molecule has 1 aromatic heterocycles. The van der Waals surface area contributed by atoms with Gasteiger partial charge in [-0.05, 0) is 61.7 Å². The van der Waals surface area contributed by atoms with E-state index in [9.17, 15) is 9.59 Å². The third-order valence-corrected chi connectivity index (χ3v) is 6.77. The van der Waals surface area contributed by atoms with Crippen molar-refractivity contribution >= 4 is 23.3 Å². The Bertz CT molecular complexity index is 927. The molecule has 1 aliphatic heterocycles. The number of ether oxygens (including phenoxy) is 1. The number of nitrogens with one attached hydrogen (secondary N) is 1. The van der Waals surface area contributed by atoms with E-state index in [0.29, 0.717) is 26.2 Å². The summed E-state index contributed by atoms with van der Waals surface area (Å²) in [6, 6.07) is 7.92. The highest BCUT2D eigenvalue weighted by molar-refractivity contribution is 7.10. The zero-order valence-corrected chi connectivity index (χ0v) is 20.5. The number of nitrogens with zero attached hydrogens (tertiary/aromatic N) is 2. The molecule has 32 heavy (non-hydrogen) atoms. The van der Waals surface area contributed by atoms with Crippen LogP contribution in [0.15, 0.2) is 29.6 Å². The van der Waals surface area contributed by atoms with Crippen LogP contribution in [0.3, 0.4) is 0 Å². The van der Waals surface area contributed by atoms with Gasteiger partial charge in [0, 0.05) is 24.5 Å². The van der Waals surface area contributed by atoms with Crippen molar-refractivity contribution in [2.75, 3.05) is 32.8 Å². The molecule has 0 spiro atoms. The van der Waals surface area contributed by atoms with Gasteiger partial charge in [-0.3, -0.25) is 4.79 Å². The van der Waals surface area contributed by atoms with Crippen LogP contribution >= 0.6 is 11.3 Å². The predicted octanol–water partition coefficient (Wildman–Crippen LogP) is 4.70. The van der Waals surface area contributed by atoms with Crippen molar-refractivity contribution in [3.63, 3.8) is 0 Å². The lowest BCUT2D eigenvalue weighted by Gasteiger charge is -2.37. The summed E-state index contributed by atoms with van der Waals surface area (Å²) in [7, 11) is 0. The van der Waals surface area contributed by atoms with Crippen LogP contribution in [0.2, 0.25) is 0 Å². The molecular weight excluding hydrogens is 422 g/mol. The Morgan fingerprint density at radius 1 is 1.22 bits per heavy atom. The SMILES string of the molecule is CCCNC(=O)N(CCC)CC(=O)N1CCc2sccc2C1COc1ccc(C)cc1C. The summed E-state index contributed by atoms with van der Waals surface area (Å²) in [5.74, 6) is 0.813. The first kappa shape index (κ1) is 24.1. The minimum Gasteiger partial charge on any atom is -0.491 e. The predicted molar refractivity (Wildman–Crippen MR) is 129 cm³/mol. The molecule has 6 nitrogen and oxygen atoms in total. The van der Waals surface area contributed by atoms with Crippen LogP contribution in [0.1, 0.15) is 54.3 Å². The highest BCUT2D eigenvalue weighted by atomic mass is 32.1. The van der Waals surface area contributed by atoms with Crippen LogP contribution in [0.4, 0.5) is 4.79 Å². The maximum absolute atomic E-state index is 13.4. The molecule has 0 radical (unpaired) electrons. The number of rotatable bonds is 9. The monoisotopic (exact) mass is 457 g/mol. The van der Waals surface area contributed by atoms with Crippen molar-refractivity contribution in [1.29, 1.82) is 0 Å². The number of amides is 3. The van der Waals surface area contributed by atoms with Gasteiger partial charge in [-0.15, -0.1) is 11.3 Å². The molecular formula is C25H35N3O3S. The first-order valence-electron chi connectivity index (χ1n) is 11.5. The van der Waals surface area contributed by atoms with Gasteiger partial charge in [-0.1, -0.05) is 31.5 Å². The molecule has 0 saturated carbocycles. The molecule has 1 aromatic carbocycles. The van der Waals surface area contributed by atoms with Crippen LogP contribution in [-0.4, -0.2) is 54.5 Å². The fourth-order valence-corrected chi connectivity index (χ4v) is 5.05. The van der Waals surface area contributed by atoms with E-state index in [4.69, 9.17) is 4.74 Å². The Labute approximate surface area is 195 Å². The summed E-state index contributed by atoms with van der Waals surface area (Å²) in [4.78, 5) is 30.8. The normalized spacial score (nSPS) is 15.2. The molecule has 0 saturated heterocycles. The van der Waals surface area contributed by atoms with E-state index in [2.05, 4.69) is 29.8 Å². The summed E-state index contributed by atoms with van der Waals surface area (Å²) in [5, 5.41) is 4.99. The zero-order valence-electron chi connectivity index (χ0n) is 19.6. The average molecular weight is 458 g/mol. The average Bonchev–Trinajstić information content (AvgIpc) is 3.25. The molecule has 0 bridgehead atoms. The number of carbonyl (C=O) groups is 2. The van der Waals surface area contributed by atoms with Gasteiger partial charge in [-0.2, -0.15) is 0 Å². The van der Waals surface area contributed by atoms with Gasteiger partial charge >= 0.3 is 6.03 Å². The Morgan fingerprint density at radius 3 is 2.75 bits per heavy atom. The number of benzene rings is 1. The highest BCUT2D eigenvalue weighted by Gasteiger charge is 2.33. The van der Waals surface area contributed by atoms with Gasteiger partial charge in [0.1, 0.15) is 18.9 Å². The highest BCUT2D eigenvalue weighted by Crippen LogP contribution is 2.34. The van der Waals surface area contributed by atoms with Gasteiger partial charge in [-0.25, -0.2) is 4.79 Å². The first-order chi connectivity index (χ1) is 15.4. The van der Waals surface area contributed by atoms with Crippen LogP contribution in [0.5, 0.6) is 5.75 Å². The van der Waals surface area contributed by atoms with Gasteiger partial charge in [0.2, 0.25) is 5.91 Å². The van der Waals surface area contributed by atoms with Crippen LogP contribution in [0, 0.1) is 13.8 Å². The molecule has 174 valence electrons. The van der Waals surface area contributed by atoms with Crippen LogP contribution in [0.25, 0.3) is 0 Å². The molecule has 2 heterocycles. The van der Waals surface area contributed by atoms with Gasteiger partial charge in [0.25, 0.3) is 0 Å². The molecule has 1 N–H and O–H groups in total. The molecule has 1 aliphatic rings. The van der Waals surface area contributed by atoms with Crippen molar-refractivity contribution in [3.05, 3.63) is 51.2 Å². The standard InChI is InChI=1S/C25H35N3O3S/c1-5-11-26-25(30)27(12-6-2)16-24(29)28-13-9-23-20(10-14-32-23)21(28)17-31-22-8-7-18(3)15-19(22)4/h7-8,10,14-15,21H,5-6,9,11-13,16-17H2,1-4H3,(H,26,30). The van der Waals surface area contributed by atoms with Crippen molar-refractivity contribution in [2.24, 2.45) is 0 Å². The van der Waals surface area contributed by atoms with Gasteiger partial charge in [0.05, 0.1) is 6.04 Å². The number of fused-ring (bicyclic) bond motifs is 1. The van der Waals surface area contributed by atoms with Gasteiger partial charge < -0.3 is 19.9 Å². The molecule has 1 unspecified atom stereocenters. The number of hydrogen-bond acceptors (Lipinski definition) is 4. The molecule has 0 aliphatic carbocycles. The minimum atomic E-state index is -0.168. The number of urea groups is 1. The number of hydrogen-bond donors (Lipinski definition) is 1. The van der Waals surface area contributed by atoms with Gasteiger partial charge in [0.15, 0.2) is 0 Å². The minimum absolute atomic E-state index is 0.0313. The Morgan fingerprint density at radius 2 is 2.03 bits per heavy atom. The Hall–Kier alpha value is -2.54. The lowest BCUT2D eigenvalue weighted by atomic mass is 10.00. The fraction of sp³-hybridized carbons (Fsp3) is 0.520. The second-order valence-corrected chi connectivity index (χ2v) is 9.39.